The number of carbonyl (C=O) groups excluding carboxylic acids is 1. The number of anilines is 2. The van der Waals surface area contributed by atoms with E-state index in [0.29, 0.717) is 6.61 Å². The SMILES string of the molecule is CCO[C@@H]1Cc2ccccc2N(C(=O)N2CC[NH+](C)CC2)c2ccccc21. The largest absolute Gasteiger partial charge is 0.373 e. The van der Waals surface area contributed by atoms with Crippen molar-refractivity contribution in [1.82, 2.24) is 4.90 Å². The van der Waals surface area contributed by atoms with Crippen molar-refractivity contribution >= 4 is 17.4 Å². The molecule has 1 saturated heterocycles. The van der Waals surface area contributed by atoms with Crippen LogP contribution in [0.2, 0.25) is 0 Å². The Hall–Kier alpha value is -2.37. The number of carbonyl (C=O) groups is 1. The highest BCUT2D eigenvalue weighted by Gasteiger charge is 2.34. The number of likely N-dealkylation sites (N-methyl/N-ethyl adjacent to an activating group) is 1. The number of quaternary nitrogens is 1. The van der Waals surface area contributed by atoms with Crippen molar-refractivity contribution in [2.24, 2.45) is 0 Å². The molecule has 2 aliphatic heterocycles. The topological polar surface area (TPSA) is 37.2 Å². The monoisotopic (exact) mass is 366 g/mol. The molecule has 0 saturated carbocycles. The Morgan fingerprint density at radius 3 is 2.48 bits per heavy atom. The number of fused-ring (bicyclic) bond motifs is 2. The molecule has 2 aliphatic rings. The molecule has 0 aliphatic carbocycles. The zero-order valence-corrected chi connectivity index (χ0v) is 16.1. The highest BCUT2D eigenvalue weighted by atomic mass is 16.5. The van der Waals surface area contributed by atoms with E-state index in [4.69, 9.17) is 4.74 Å². The molecule has 0 unspecified atom stereocenters. The van der Waals surface area contributed by atoms with Gasteiger partial charge in [0.2, 0.25) is 0 Å². The molecule has 142 valence electrons. The Morgan fingerprint density at radius 2 is 1.74 bits per heavy atom. The Kier molecular flexibility index (Phi) is 5.14. The number of nitrogens with zero attached hydrogens (tertiary/aromatic N) is 2. The van der Waals surface area contributed by atoms with Crippen molar-refractivity contribution in [3.63, 3.8) is 0 Å². The Balaban J connectivity index is 1.80. The lowest BCUT2D eigenvalue weighted by Crippen LogP contribution is -3.12. The molecule has 2 aromatic rings. The molecule has 1 N–H and O–H groups in total. The second kappa shape index (κ2) is 7.71. The summed E-state index contributed by atoms with van der Waals surface area (Å²) < 4.78 is 6.08. The summed E-state index contributed by atoms with van der Waals surface area (Å²) in [4.78, 5) is 19.0. The summed E-state index contributed by atoms with van der Waals surface area (Å²) in [6.45, 7) is 6.24. The summed E-state index contributed by atoms with van der Waals surface area (Å²) in [5.74, 6) is 0. The molecular weight excluding hydrogens is 338 g/mol. The van der Waals surface area contributed by atoms with Crippen LogP contribution in [-0.4, -0.2) is 50.8 Å². The highest BCUT2D eigenvalue weighted by Crippen LogP contribution is 2.41. The minimum absolute atomic E-state index is 0.0397. The van der Waals surface area contributed by atoms with Crippen molar-refractivity contribution in [2.45, 2.75) is 19.4 Å². The molecule has 2 heterocycles. The van der Waals surface area contributed by atoms with E-state index in [1.54, 1.807) is 0 Å². The van der Waals surface area contributed by atoms with Crippen molar-refractivity contribution in [2.75, 3.05) is 44.7 Å². The van der Waals surface area contributed by atoms with Crippen LogP contribution in [-0.2, 0) is 11.2 Å². The number of piperazine rings is 1. The first-order valence-electron chi connectivity index (χ1n) is 9.87. The van der Waals surface area contributed by atoms with Gasteiger partial charge in [-0.25, -0.2) is 4.79 Å². The van der Waals surface area contributed by atoms with Gasteiger partial charge in [-0.3, -0.25) is 4.90 Å². The third-order valence-corrected chi connectivity index (χ3v) is 5.61. The lowest BCUT2D eigenvalue weighted by atomic mass is 10.0. The van der Waals surface area contributed by atoms with Crippen molar-refractivity contribution < 1.29 is 14.4 Å². The normalized spacial score (nSPS) is 20.0. The molecule has 4 rings (SSSR count). The van der Waals surface area contributed by atoms with Gasteiger partial charge >= 0.3 is 6.03 Å². The van der Waals surface area contributed by atoms with Gasteiger partial charge in [-0.1, -0.05) is 36.4 Å². The van der Waals surface area contributed by atoms with Gasteiger partial charge in [0.05, 0.1) is 50.7 Å². The highest BCUT2D eigenvalue weighted by molar-refractivity contribution is 6.01. The van der Waals surface area contributed by atoms with E-state index >= 15 is 0 Å². The fraction of sp³-hybridized carbons (Fsp3) is 0.409. The smallest absolute Gasteiger partial charge is 0.329 e. The summed E-state index contributed by atoms with van der Waals surface area (Å²) in [5, 5.41) is 0. The second-order valence-electron chi connectivity index (χ2n) is 7.40. The number of ether oxygens (including phenoxy) is 1. The first-order chi connectivity index (χ1) is 13.2. The average Bonchev–Trinajstić information content (AvgIpc) is 2.83. The molecule has 1 fully saturated rings. The number of rotatable bonds is 2. The van der Waals surface area contributed by atoms with Crippen LogP contribution in [0.25, 0.3) is 0 Å². The summed E-state index contributed by atoms with van der Waals surface area (Å²) in [7, 11) is 2.19. The number of amides is 2. The predicted octanol–water partition coefficient (Wildman–Crippen LogP) is 2.41. The van der Waals surface area contributed by atoms with Crippen LogP contribution in [0.4, 0.5) is 16.2 Å². The fourth-order valence-electron chi connectivity index (χ4n) is 4.08. The summed E-state index contributed by atoms with van der Waals surface area (Å²) in [6.07, 6.45) is 0.736. The van der Waals surface area contributed by atoms with Crippen LogP contribution in [0.15, 0.2) is 48.5 Å². The van der Waals surface area contributed by atoms with Crippen LogP contribution < -0.4 is 9.80 Å². The van der Waals surface area contributed by atoms with E-state index in [0.717, 1.165) is 55.1 Å². The third kappa shape index (κ3) is 3.45. The zero-order chi connectivity index (χ0) is 18.8. The minimum atomic E-state index is -0.0397. The Bertz CT molecular complexity index is 815. The maximum Gasteiger partial charge on any atom is 0.329 e. The van der Waals surface area contributed by atoms with E-state index in [-0.39, 0.29) is 12.1 Å². The number of hydrogen-bond acceptors (Lipinski definition) is 2. The molecule has 2 amide bonds. The average molecular weight is 366 g/mol. The number of urea groups is 1. The van der Waals surface area contributed by atoms with E-state index in [1.807, 2.05) is 47.1 Å². The minimum Gasteiger partial charge on any atom is -0.373 e. The van der Waals surface area contributed by atoms with Gasteiger partial charge < -0.3 is 14.5 Å². The number of para-hydroxylation sites is 2. The van der Waals surface area contributed by atoms with Crippen molar-refractivity contribution in [1.29, 1.82) is 0 Å². The van der Waals surface area contributed by atoms with Gasteiger partial charge in [-0.15, -0.1) is 0 Å². The van der Waals surface area contributed by atoms with E-state index in [2.05, 4.69) is 25.2 Å². The van der Waals surface area contributed by atoms with Crippen LogP contribution in [0, 0.1) is 0 Å². The first-order valence-corrected chi connectivity index (χ1v) is 9.87. The van der Waals surface area contributed by atoms with E-state index < -0.39 is 0 Å². The summed E-state index contributed by atoms with van der Waals surface area (Å²) in [6, 6.07) is 16.5. The third-order valence-electron chi connectivity index (χ3n) is 5.61. The predicted molar refractivity (Wildman–Crippen MR) is 107 cm³/mol. The molecule has 5 heteroatoms. The van der Waals surface area contributed by atoms with E-state index in [9.17, 15) is 4.79 Å². The van der Waals surface area contributed by atoms with Gasteiger partial charge in [-0.2, -0.15) is 0 Å². The molecule has 2 aromatic carbocycles. The Morgan fingerprint density at radius 1 is 1.07 bits per heavy atom. The number of benzene rings is 2. The molecule has 1 atom stereocenters. The summed E-state index contributed by atoms with van der Waals surface area (Å²) >= 11 is 0. The van der Waals surface area contributed by atoms with Crippen LogP contribution in [0.5, 0.6) is 0 Å². The summed E-state index contributed by atoms with van der Waals surface area (Å²) in [5.41, 5.74) is 4.16. The van der Waals surface area contributed by atoms with Gasteiger partial charge in [-0.05, 0) is 24.6 Å². The number of nitrogens with one attached hydrogen (secondary N) is 1. The maximum absolute atomic E-state index is 13.6. The van der Waals surface area contributed by atoms with E-state index in [1.165, 1.54) is 4.90 Å². The Labute approximate surface area is 161 Å². The molecule has 0 aromatic heterocycles. The molecule has 0 bridgehead atoms. The lowest BCUT2D eigenvalue weighted by Gasteiger charge is -2.35. The quantitative estimate of drug-likeness (QED) is 0.886. The molecular formula is C22H28N3O2+. The molecule has 27 heavy (non-hydrogen) atoms. The number of hydrogen-bond donors (Lipinski definition) is 1. The second-order valence-corrected chi connectivity index (χ2v) is 7.40. The van der Waals surface area contributed by atoms with Crippen molar-refractivity contribution in [3.8, 4) is 0 Å². The van der Waals surface area contributed by atoms with Gasteiger partial charge in [0.25, 0.3) is 0 Å². The van der Waals surface area contributed by atoms with Crippen LogP contribution in [0.3, 0.4) is 0 Å². The zero-order valence-electron chi connectivity index (χ0n) is 16.1. The van der Waals surface area contributed by atoms with Crippen LogP contribution >= 0.6 is 0 Å². The first kappa shape index (κ1) is 18.0. The van der Waals surface area contributed by atoms with Crippen molar-refractivity contribution in [3.05, 3.63) is 59.7 Å². The van der Waals surface area contributed by atoms with Gasteiger partial charge in [0, 0.05) is 18.6 Å². The van der Waals surface area contributed by atoms with Crippen LogP contribution in [0.1, 0.15) is 24.2 Å². The lowest BCUT2D eigenvalue weighted by molar-refractivity contribution is -0.883. The standard InChI is InChI=1S/C22H27N3O2/c1-3-27-21-16-17-8-4-6-10-19(17)25(20-11-7-5-9-18(20)21)22(26)24-14-12-23(2)13-15-24/h4-11,21H,3,12-16H2,1-2H3/p+1/t21-/m1/s1. The maximum atomic E-state index is 13.6. The molecule has 5 nitrogen and oxygen atoms in total. The molecule has 0 radical (unpaired) electrons. The van der Waals surface area contributed by atoms with Gasteiger partial charge in [0.1, 0.15) is 0 Å². The molecule has 0 spiro atoms. The van der Waals surface area contributed by atoms with Gasteiger partial charge in [0.15, 0.2) is 0 Å². The fourth-order valence-corrected chi connectivity index (χ4v) is 4.08.